The number of ether oxygens (including phenoxy) is 2. The van der Waals surface area contributed by atoms with E-state index >= 15 is 0 Å². The van der Waals surface area contributed by atoms with Crippen LogP contribution in [0.1, 0.15) is 16.1 Å². The van der Waals surface area contributed by atoms with Crippen LogP contribution in [0.5, 0.6) is 5.75 Å². The Bertz CT molecular complexity index is 658. The first kappa shape index (κ1) is 15.5. The third kappa shape index (κ3) is 3.22. The van der Waals surface area contributed by atoms with Gasteiger partial charge in [0.15, 0.2) is 11.6 Å². The highest BCUT2D eigenvalue weighted by atomic mass is 35.5. The van der Waals surface area contributed by atoms with E-state index in [0.29, 0.717) is 13.2 Å². The van der Waals surface area contributed by atoms with E-state index in [2.05, 4.69) is 5.10 Å². The van der Waals surface area contributed by atoms with Gasteiger partial charge in [0.2, 0.25) is 5.78 Å². The molecule has 1 aromatic heterocycles. The summed E-state index contributed by atoms with van der Waals surface area (Å²) in [6, 6.07) is 3.99. The zero-order chi connectivity index (χ0) is 15.4. The van der Waals surface area contributed by atoms with Gasteiger partial charge < -0.3 is 9.47 Å². The molecule has 0 saturated carbocycles. The molecule has 0 radical (unpaired) electrons. The molecular formula is C14H14ClFN2O3. The van der Waals surface area contributed by atoms with Crippen LogP contribution in [0.4, 0.5) is 4.39 Å². The molecule has 5 nitrogen and oxygen atoms in total. The van der Waals surface area contributed by atoms with E-state index in [4.69, 9.17) is 21.1 Å². The van der Waals surface area contributed by atoms with Crippen molar-refractivity contribution in [3.63, 3.8) is 0 Å². The van der Waals surface area contributed by atoms with Gasteiger partial charge >= 0.3 is 0 Å². The van der Waals surface area contributed by atoms with Gasteiger partial charge in [0.05, 0.1) is 31.5 Å². The lowest BCUT2D eigenvalue weighted by molar-refractivity contribution is 0.102. The highest BCUT2D eigenvalue weighted by Gasteiger charge is 2.20. The monoisotopic (exact) mass is 312 g/mol. The summed E-state index contributed by atoms with van der Waals surface area (Å²) in [7, 11) is 2.90. The number of nitrogens with zero attached hydrogens (tertiary/aromatic N) is 2. The Morgan fingerprint density at radius 1 is 1.43 bits per heavy atom. The minimum atomic E-state index is -0.609. The van der Waals surface area contributed by atoms with Gasteiger partial charge in [0, 0.05) is 12.7 Å². The predicted molar refractivity (Wildman–Crippen MR) is 75.5 cm³/mol. The number of benzene rings is 1. The highest BCUT2D eigenvalue weighted by Crippen LogP contribution is 2.23. The second-order valence-corrected chi connectivity index (χ2v) is 4.64. The van der Waals surface area contributed by atoms with Crippen molar-refractivity contribution in [3.8, 4) is 5.75 Å². The second kappa shape index (κ2) is 6.69. The smallest absolute Gasteiger partial charge is 0.212 e. The van der Waals surface area contributed by atoms with Crippen molar-refractivity contribution >= 4 is 17.4 Å². The third-order valence-corrected chi connectivity index (χ3v) is 3.21. The maximum atomic E-state index is 13.7. The molecule has 0 aliphatic heterocycles. The fraction of sp³-hybridized carbons (Fsp3) is 0.286. The van der Waals surface area contributed by atoms with Crippen molar-refractivity contribution in [2.24, 2.45) is 0 Å². The molecule has 112 valence electrons. The van der Waals surface area contributed by atoms with Gasteiger partial charge in [-0.25, -0.2) is 4.39 Å². The van der Waals surface area contributed by atoms with Crippen LogP contribution in [0.2, 0.25) is 5.02 Å². The lowest BCUT2D eigenvalue weighted by Gasteiger charge is -2.08. The van der Waals surface area contributed by atoms with Gasteiger partial charge in [-0.1, -0.05) is 11.6 Å². The zero-order valence-electron chi connectivity index (χ0n) is 11.6. The van der Waals surface area contributed by atoms with Crippen molar-refractivity contribution in [2.45, 2.75) is 6.54 Å². The number of methoxy groups -OCH3 is 2. The number of aromatic nitrogens is 2. The Hall–Kier alpha value is -1.92. The summed E-state index contributed by atoms with van der Waals surface area (Å²) < 4.78 is 24.9. The highest BCUT2D eigenvalue weighted by molar-refractivity contribution is 6.34. The summed E-state index contributed by atoms with van der Waals surface area (Å²) in [5.41, 5.74) is 0.382. The SMILES string of the molecule is COCCn1ncc(Cl)c1C(=O)c1ccc(OC)c(F)c1. The quantitative estimate of drug-likeness (QED) is 0.769. The average molecular weight is 313 g/mol. The largest absolute Gasteiger partial charge is 0.494 e. The van der Waals surface area contributed by atoms with E-state index < -0.39 is 11.6 Å². The van der Waals surface area contributed by atoms with Crippen LogP contribution in [0, 0.1) is 5.82 Å². The summed E-state index contributed by atoms with van der Waals surface area (Å²) in [6.07, 6.45) is 1.38. The first-order valence-corrected chi connectivity index (χ1v) is 6.54. The molecule has 0 bridgehead atoms. The molecule has 21 heavy (non-hydrogen) atoms. The Morgan fingerprint density at radius 2 is 2.19 bits per heavy atom. The Kier molecular flexibility index (Phi) is 4.93. The summed E-state index contributed by atoms with van der Waals surface area (Å²) in [4.78, 5) is 12.5. The van der Waals surface area contributed by atoms with E-state index in [1.54, 1.807) is 7.11 Å². The molecule has 7 heteroatoms. The van der Waals surface area contributed by atoms with Crippen molar-refractivity contribution in [2.75, 3.05) is 20.8 Å². The molecule has 0 saturated heterocycles. The topological polar surface area (TPSA) is 53.4 Å². The van der Waals surface area contributed by atoms with Crippen LogP contribution >= 0.6 is 11.6 Å². The van der Waals surface area contributed by atoms with Crippen molar-refractivity contribution in [1.82, 2.24) is 9.78 Å². The average Bonchev–Trinajstić information content (AvgIpc) is 2.85. The summed E-state index contributed by atoms with van der Waals surface area (Å²) >= 11 is 6.00. The third-order valence-electron chi connectivity index (χ3n) is 2.93. The van der Waals surface area contributed by atoms with Crippen LogP contribution < -0.4 is 4.74 Å². The van der Waals surface area contributed by atoms with E-state index in [9.17, 15) is 9.18 Å². The molecular weight excluding hydrogens is 299 g/mol. The second-order valence-electron chi connectivity index (χ2n) is 4.24. The minimum Gasteiger partial charge on any atom is -0.494 e. The molecule has 0 aliphatic rings. The molecule has 0 amide bonds. The van der Waals surface area contributed by atoms with E-state index in [-0.39, 0.29) is 22.0 Å². The Morgan fingerprint density at radius 3 is 2.81 bits per heavy atom. The van der Waals surface area contributed by atoms with Gasteiger partial charge in [-0.2, -0.15) is 5.10 Å². The molecule has 0 aliphatic carbocycles. The van der Waals surface area contributed by atoms with Crippen molar-refractivity contribution in [1.29, 1.82) is 0 Å². The molecule has 0 spiro atoms. The molecule has 2 aromatic rings. The number of ketones is 1. The predicted octanol–water partition coefficient (Wildman–Crippen LogP) is 2.56. The van der Waals surface area contributed by atoms with Gasteiger partial charge in [-0.3, -0.25) is 9.48 Å². The van der Waals surface area contributed by atoms with Crippen LogP contribution in [-0.4, -0.2) is 36.4 Å². The van der Waals surface area contributed by atoms with Crippen LogP contribution in [0.25, 0.3) is 0 Å². The van der Waals surface area contributed by atoms with Gasteiger partial charge in [0.25, 0.3) is 0 Å². The number of rotatable bonds is 6. The number of hydrogen-bond donors (Lipinski definition) is 0. The Labute approximate surface area is 126 Å². The molecule has 0 atom stereocenters. The maximum Gasteiger partial charge on any atom is 0.212 e. The lowest BCUT2D eigenvalue weighted by atomic mass is 10.1. The van der Waals surface area contributed by atoms with Crippen LogP contribution in [-0.2, 0) is 11.3 Å². The fourth-order valence-electron chi connectivity index (χ4n) is 1.88. The maximum absolute atomic E-state index is 13.7. The summed E-state index contributed by atoms with van der Waals surface area (Å²) in [6.45, 7) is 0.762. The van der Waals surface area contributed by atoms with Crippen molar-refractivity contribution < 1.29 is 18.7 Å². The zero-order valence-corrected chi connectivity index (χ0v) is 12.4. The number of carbonyl (C=O) groups is 1. The molecule has 1 aromatic carbocycles. The summed E-state index contributed by atoms with van der Waals surface area (Å²) in [5, 5.41) is 4.24. The fourth-order valence-corrected chi connectivity index (χ4v) is 2.11. The first-order chi connectivity index (χ1) is 10.1. The van der Waals surface area contributed by atoms with Gasteiger partial charge in [-0.05, 0) is 18.2 Å². The van der Waals surface area contributed by atoms with E-state index in [1.807, 2.05) is 0 Å². The van der Waals surface area contributed by atoms with E-state index in [1.165, 1.54) is 30.1 Å². The van der Waals surface area contributed by atoms with Gasteiger partial charge in [-0.15, -0.1) is 0 Å². The van der Waals surface area contributed by atoms with Crippen molar-refractivity contribution in [3.05, 3.63) is 46.5 Å². The first-order valence-electron chi connectivity index (χ1n) is 6.17. The molecule has 2 rings (SSSR count). The minimum absolute atomic E-state index is 0.0746. The number of carbonyl (C=O) groups excluding carboxylic acids is 1. The Balaban J connectivity index is 2.35. The van der Waals surface area contributed by atoms with E-state index in [0.717, 1.165) is 6.07 Å². The van der Waals surface area contributed by atoms with Gasteiger partial charge in [0.1, 0.15) is 5.69 Å². The molecule has 0 fully saturated rings. The number of hydrogen-bond acceptors (Lipinski definition) is 4. The van der Waals surface area contributed by atoms with Crippen LogP contribution in [0.15, 0.2) is 24.4 Å². The van der Waals surface area contributed by atoms with Crippen LogP contribution in [0.3, 0.4) is 0 Å². The lowest BCUT2D eigenvalue weighted by Crippen LogP contribution is -2.15. The molecule has 0 unspecified atom stereocenters. The molecule has 1 heterocycles. The normalized spacial score (nSPS) is 10.7. The number of halogens is 2. The molecule has 0 N–H and O–H groups in total. The summed E-state index contributed by atoms with van der Waals surface area (Å²) in [5.74, 6) is -0.942. The standard InChI is InChI=1S/C14H14ClFN2O3/c1-20-6-5-18-13(10(15)8-17-18)14(19)9-3-4-12(21-2)11(16)7-9/h3-4,7-8H,5-6H2,1-2H3.